The van der Waals surface area contributed by atoms with E-state index in [9.17, 15) is 4.79 Å². The number of nitrogens with two attached hydrogens (primary N) is 1. The monoisotopic (exact) mass is 390 g/mol. The van der Waals surface area contributed by atoms with Crippen LogP contribution in [0.1, 0.15) is 54.2 Å². The van der Waals surface area contributed by atoms with Gasteiger partial charge in [-0.25, -0.2) is 0 Å². The predicted octanol–water partition coefficient (Wildman–Crippen LogP) is 4.62. The highest BCUT2D eigenvalue weighted by Gasteiger charge is 2.11. The lowest BCUT2D eigenvalue weighted by Crippen LogP contribution is -2.30. The van der Waals surface area contributed by atoms with Crippen molar-refractivity contribution in [2.75, 3.05) is 12.3 Å². The molecule has 1 heterocycles. The Bertz CT molecular complexity index is 957. The summed E-state index contributed by atoms with van der Waals surface area (Å²) in [5.74, 6) is -0.251. The van der Waals surface area contributed by atoms with Gasteiger partial charge in [0.2, 0.25) is 0 Å². The Morgan fingerprint density at radius 3 is 2.62 bits per heavy atom. The van der Waals surface area contributed by atoms with Crippen LogP contribution in [0.2, 0.25) is 0 Å². The Morgan fingerprint density at radius 2 is 1.90 bits per heavy atom. The van der Waals surface area contributed by atoms with Crippen molar-refractivity contribution in [1.29, 1.82) is 5.41 Å². The second-order valence-electron chi connectivity index (χ2n) is 7.39. The van der Waals surface area contributed by atoms with Crippen molar-refractivity contribution < 1.29 is 4.79 Å². The van der Waals surface area contributed by atoms with Crippen molar-refractivity contribution in [2.24, 2.45) is 0 Å². The van der Waals surface area contributed by atoms with Gasteiger partial charge >= 0.3 is 0 Å². The van der Waals surface area contributed by atoms with Gasteiger partial charge in [0.05, 0.1) is 17.8 Å². The quantitative estimate of drug-likeness (QED) is 0.349. The van der Waals surface area contributed by atoms with Crippen LogP contribution in [0.4, 0.5) is 5.69 Å². The van der Waals surface area contributed by atoms with Crippen LogP contribution in [-0.2, 0) is 6.42 Å². The standard InChI is InChI=1S/C24H30N4O/c1-5-16(2)6-7-17(3)10-19-12-20(14-27-13-19)24(29)28-15-23(26)21-11-18(4)8-9-22(21)25/h6-9,11-14,26H,5,10,15,25H2,1-4H3,(H,28,29)/b16-6+,17-7+,26-23?. The Labute approximate surface area is 173 Å². The molecule has 0 spiro atoms. The van der Waals surface area contributed by atoms with Gasteiger partial charge < -0.3 is 16.5 Å². The zero-order valence-corrected chi connectivity index (χ0v) is 17.7. The minimum atomic E-state index is -0.251. The fraction of sp³-hybridized carbons (Fsp3) is 0.292. The molecule has 0 aliphatic rings. The average molecular weight is 391 g/mol. The SMILES string of the molecule is CC/C(C)=C/C=C(\C)Cc1cncc(C(=O)NCC(=N)c2cc(C)ccc2N)c1. The Hall–Kier alpha value is -3.21. The highest BCUT2D eigenvalue weighted by Crippen LogP contribution is 2.14. The van der Waals surface area contributed by atoms with E-state index in [1.807, 2.05) is 25.1 Å². The van der Waals surface area contributed by atoms with Crippen molar-refractivity contribution >= 4 is 17.3 Å². The van der Waals surface area contributed by atoms with Crippen molar-refractivity contribution in [3.63, 3.8) is 0 Å². The minimum Gasteiger partial charge on any atom is -0.398 e. The summed E-state index contributed by atoms with van der Waals surface area (Å²) in [6, 6.07) is 7.38. The summed E-state index contributed by atoms with van der Waals surface area (Å²) in [6.07, 6.45) is 9.33. The highest BCUT2D eigenvalue weighted by atomic mass is 16.1. The summed E-state index contributed by atoms with van der Waals surface area (Å²) in [6.45, 7) is 8.37. The summed E-state index contributed by atoms with van der Waals surface area (Å²) in [4.78, 5) is 16.7. The number of pyridine rings is 1. The van der Waals surface area contributed by atoms with Gasteiger partial charge in [0, 0.05) is 23.6 Å². The van der Waals surface area contributed by atoms with Crippen molar-refractivity contribution in [2.45, 2.75) is 40.5 Å². The maximum atomic E-state index is 12.5. The lowest BCUT2D eigenvalue weighted by atomic mass is 10.0. The van der Waals surface area contributed by atoms with Crippen LogP contribution in [0, 0.1) is 12.3 Å². The molecule has 2 rings (SSSR count). The van der Waals surface area contributed by atoms with Gasteiger partial charge in [0.15, 0.2) is 0 Å². The molecule has 1 amide bonds. The number of nitrogens with one attached hydrogen (secondary N) is 2. The molecule has 0 fully saturated rings. The zero-order valence-electron chi connectivity index (χ0n) is 17.7. The van der Waals surface area contributed by atoms with Gasteiger partial charge in [-0.2, -0.15) is 0 Å². The first kappa shape index (κ1) is 22.1. The zero-order chi connectivity index (χ0) is 21.4. The third kappa shape index (κ3) is 6.71. The molecular formula is C24H30N4O. The maximum Gasteiger partial charge on any atom is 0.253 e. The van der Waals surface area contributed by atoms with Gasteiger partial charge in [-0.3, -0.25) is 9.78 Å². The number of benzene rings is 1. The summed E-state index contributed by atoms with van der Waals surface area (Å²) >= 11 is 0. The predicted molar refractivity (Wildman–Crippen MR) is 120 cm³/mol. The van der Waals surface area contributed by atoms with Gasteiger partial charge in [0.25, 0.3) is 5.91 Å². The number of allylic oxidation sites excluding steroid dienone is 4. The fourth-order valence-electron chi connectivity index (χ4n) is 2.79. The van der Waals surface area contributed by atoms with Crippen LogP contribution < -0.4 is 11.1 Å². The van der Waals surface area contributed by atoms with E-state index in [0.717, 1.165) is 24.0 Å². The van der Waals surface area contributed by atoms with Crippen LogP contribution in [0.3, 0.4) is 0 Å². The normalized spacial score (nSPS) is 12.0. The van der Waals surface area contributed by atoms with Crippen molar-refractivity contribution in [1.82, 2.24) is 10.3 Å². The Morgan fingerprint density at radius 1 is 1.17 bits per heavy atom. The van der Waals surface area contributed by atoms with Crippen LogP contribution in [0.25, 0.3) is 0 Å². The van der Waals surface area contributed by atoms with E-state index in [0.29, 0.717) is 16.8 Å². The Kier molecular flexibility index (Phi) is 7.89. The number of aryl methyl sites for hydroxylation is 1. The van der Waals surface area contributed by atoms with Crippen LogP contribution in [-0.4, -0.2) is 23.1 Å². The summed E-state index contributed by atoms with van der Waals surface area (Å²) < 4.78 is 0. The van der Waals surface area contributed by atoms with Crippen LogP contribution in [0.5, 0.6) is 0 Å². The fourth-order valence-corrected chi connectivity index (χ4v) is 2.79. The molecule has 0 radical (unpaired) electrons. The maximum absolute atomic E-state index is 12.5. The van der Waals surface area contributed by atoms with Crippen LogP contribution in [0.15, 0.2) is 60.0 Å². The summed E-state index contributed by atoms with van der Waals surface area (Å²) in [7, 11) is 0. The first-order chi connectivity index (χ1) is 13.8. The molecule has 0 aliphatic heterocycles. The number of nitrogen functional groups attached to an aromatic ring is 1. The second-order valence-corrected chi connectivity index (χ2v) is 7.39. The van der Waals surface area contributed by atoms with Gasteiger partial charge in [-0.1, -0.05) is 41.9 Å². The number of aromatic nitrogens is 1. The van der Waals surface area contributed by atoms with E-state index in [-0.39, 0.29) is 18.2 Å². The molecule has 29 heavy (non-hydrogen) atoms. The van der Waals surface area contributed by atoms with E-state index in [4.69, 9.17) is 11.1 Å². The molecule has 5 heteroatoms. The summed E-state index contributed by atoms with van der Waals surface area (Å²) in [5, 5.41) is 11.0. The number of hydrogen-bond donors (Lipinski definition) is 3. The number of amides is 1. The smallest absolute Gasteiger partial charge is 0.253 e. The first-order valence-electron chi connectivity index (χ1n) is 9.79. The number of rotatable bonds is 8. The molecule has 0 aliphatic carbocycles. The second kappa shape index (κ2) is 10.4. The van der Waals surface area contributed by atoms with Crippen molar-refractivity contribution in [3.05, 3.63) is 82.2 Å². The number of anilines is 1. The van der Waals surface area contributed by atoms with Gasteiger partial charge in [0.1, 0.15) is 0 Å². The molecule has 152 valence electrons. The molecule has 0 bridgehead atoms. The average Bonchev–Trinajstić information content (AvgIpc) is 2.71. The van der Waals surface area contributed by atoms with Crippen LogP contribution >= 0.6 is 0 Å². The van der Waals surface area contributed by atoms with E-state index in [1.54, 1.807) is 18.5 Å². The number of hydrogen-bond acceptors (Lipinski definition) is 4. The highest BCUT2D eigenvalue weighted by molar-refractivity contribution is 6.06. The van der Waals surface area contributed by atoms with E-state index in [1.165, 1.54) is 11.1 Å². The number of carbonyl (C=O) groups excluding carboxylic acids is 1. The molecule has 4 N–H and O–H groups in total. The Balaban J connectivity index is 2.02. The lowest BCUT2D eigenvalue weighted by Gasteiger charge is -2.10. The molecule has 0 atom stereocenters. The molecule has 0 saturated heterocycles. The topological polar surface area (TPSA) is 91.9 Å². The van der Waals surface area contributed by atoms with Crippen molar-refractivity contribution in [3.8, 4) is 0 Å². The molecule has 1 aromatic heterocycles. The molecule has 0 saturated carbocycles. The van der Waals surface area contributed by atoms with E-state index >= 15 is 0 Å². The third-order valence-corrected chi connectivity index (χ3v) is 4.71. The van der Waals surface area contributed by atoms with Gasteiger partial charge in [-0.05, 0) is 57.4 Å². The molecule has 5 nitrogen and oxygen atoms in total. The lowest BCUT2D eigenvalue weighted by molar-refractivity contribution is 0.0959. The number of carbonyl (C=O) groups is 1. The third-order valence-electron chi connectivity index (χ3n) is 4.71. The van der Waals surface area contributed by atoms with E-state index < -0.39 is 0 Å². The molecule has 2 aromatic rings. The number of nitrogens with zero attached hydrogens (tertiary/aromatic N) is 1. The molecular weight excluding hydrogens is 360 g/mol. The summed E-state index contributed by atoms with van der Waals surface area (Å²) in [5.41, 5.74) is 12.4. The van der Waals surface area contributed by atoms with Gasteiger partial charge in [-0.15, -0.1) is 0 Å². The minimum absolute atomic E-state index is 0.108. The van der Waals surface area contributed by atoms with E-state index in [2.05, 4.69) is 43.2 Å². The first-order valence-corrected chi connectivity index (χ1v) is 9.79. The largest absolute Gasteiger partial charge is 0.398 e. The molecule has 1 aromatic carbocycles. The molecule has 0 unspecified atom stereocenters.